The van der Waals surface area contributed by atoms with E-state index in [1.54, 1.807) is 29.6 Å². The fraction of sp³-hybridized carbons (Fsp3) is 0.0769. The van der Waals surface area contributed by atoms with Crippen molar-refractivity contribution in [1.29, 1.82) is 0 Å². The first-order valence-electron chi connectivity index (χ1n) is 11.0. The van der Waals surface area contributed by atoms with Gasteiger partial charge in [0.05, 0.1) is 16.8 Å². The van der Waals surface area contributed by atoms with Gasteiger partial charge in [-0.1, -0.05) is 48.0 Å². The number of benzene rings is 3. The summed E-state index contributed by atoms with van der Waals surface area (Å²) in [7, 11) is -3.80. The average molecular weight is 595 g/mol. The number of thiophene rings is 1. The van der Waals surface area contributed by atoms with Crippen LogP contribution in [0.25, 0.3) is 0 Å². The number of carbonyl (C=O) groups is 2. The molecule has 1 aromatic heterocycles. The highest BCUT2D eigenvalue weighted by atomic mass is 35.5. The summed E-state index contributed by atoms with van der Waals surface area (Å²) in [4.78, 5) is 26.0. The Bertz CT molecular complexity index is 1580. The van der Waals surface area contributed by atoms with E-state index in [0.717, 1.165) is 17.4 Å². The fourth-order valence-corrected chi connectivity index (χ4v) is 5.65. The second-order valence-corrected chi connectivity index (χ2v) is 11.3. The van der Waals surface area contributed by atoms with E-state index in [2.05, 4.69) is 10.0 Å². The lowest BCUT2D eigenvalue weighted by Crippen LogP contribution is -2.27. The first kappa shape index (κ1) is 28.1. The molecule has 202 valence electrons. The highest BCUT2D eigenvalue weighted by Crippen LogP contribution is 2.37. The van der Waals surface area contributed by atoms with Crippen LogP contribution in [0.4, 0.5) is 24.5 Å². The van der Waals surface area contributed by atoms with Crippen molar-refractivity contribution >= 4 is 56.2 Å². The number of carbonyl (C=O) groups excluding carboxylic acids is 2. The summed E-state index contributed by atoms with van der Waals surface area (Å²) in [6, 6.07) is 18.9. The number of amides is 1. The number of hydrogen-bond donors (Lipinski definition) is 2. The highest BCUT2D eigenvalue weighted by Gasteiger charge is 2.35. The average Bonchev–Trinajstić information content (AvgIpc) is 3.45. The minimum atomic E-state index is -4.81. The van der Waals surface area contributed by atoms with E-state index < -0.39 is 45.4 Å². The van der Waals surface area contributed by atoms with Gasteiger partial charge in [-0.2, -0.15) is 13.2 Å². The van der Waals surface area contributed by atoms with Crippen LogP contribution in [0, 0.1) is 0 Å². The van der Waals surface area contributed by atoms with Crippen molar-refractivity contribution in [2.45, 2.75) is 16.5 Å². The molecule has 0 aliphatic heterocycles. The third-order valence-electron chi connectivity index (χ3n) is 5.24. The molecule has 0 bridgehead atoms. The molecule has 39 heavy (non-hydrogen) atoms. The van der Waals surface area contributed by atoms with E-state index in [4.69, 9.17) is 16.3 Å². The Hall–Kier alpha value is -3.87. The largest absolute Gasteiger partial charge is 0.444 e. The van der Waals surface area contributed by atoms with Gasteiger partial charge in [0.2, 0.25) is 6.10 Å². The van der Waals surface area contributed by atoms with Crippen LogP contribution in [0.15, 0.2) is 94.5 Å². The van der Waals surface area contributed by atoms with Crippen LogP contribution in [0.3, 0.4) is 0 Å². The molecule has 0 unspecified atom stereocenters. The molecule has 0 fully saturated rings. The quantitative estimate of drug-likeness (QED) is 0.220. The van der Waals surface area contributed by atoms with Crippen molar-refractivity contribution in [1.82, 2.24) is 0 Å². The molecule has 4 aromatic rings. The SMILES string of the molecule is O=C(O[C@H](C(=O)Nc1ccc(Cl)cc1C(F)(F)F)c1ccccc1)c1ccc(NS(=O)(=O)c2cccs2)cc1. The number of ether oxygens (including phenoxy) is 1. The first-order valence-corrected chi connectivity index (χ1v) is 13.8. The van der Waals surface area contributed by atoms with Crippen LogP contribution in [0.2, 0.25) is 5.02 Å². The van der Waals surface area contributed by atoms with Crippen molar-refractivity contribution in [3.63, 3.8) is 0 Å². The predicted molar refractivity (Wildman–Crippen MR) is 141 cm³/mol. The van der Waals surface area contributed by atoms with E-state index in [0.29, 0.717) is 6.07 Å². The van der Waals surface area contributed by atoms with Crippen LogP contribution in [-0.2, 0) is 25.7 Å². The molecule has 3 aromatic carbocycles. The van der Waals surface area contributed by atoms with Crippen molar-refractivity contribution in [2.24, 2.45) is 0 Å². The third kappa shape index (κ3) is 6.96. The molecular weight excluding hydrogens is 577 g/mol. The van der Waals surface area contributed by atoms with Gasteiger partial charge >= 0.3 is 12.1 Å². The zero-order chi connectivity index (χ0) is 28.2. The van der Waals surface area contributed by atoms with E-state index in [1.165, 1.54) is 48.5 Å². The van der Waals surface area contributed by atoms with E-state index in [-0.39, 0.29) is 26.0 Å². The number of halogens is 4. The van der Waals surface area contributed by atoms with Gasteiger partial charge in [-0.15, -0.1) is 11.3 Å². The molecule has 0 saturated carbocycles. The molecule has 2 N–H and O–H groups in total. The fourth-order valence-electron chi connectivity index (χ4n) is 3.43. The summed E-state index contributed by atoms with van der Waals surface area (Å²) in [5.74, 6) is -1.98. The second kappa shape index (κ2) is 11.5. The molecule has 4 rings (SSSR count). The summed E-state index contributed by atoms with van der Waals surface area (Å²) >= 11 is 6.74. The Balaban J connectivity index is 1.55. The summed E-state index contributed by atoms with van der Waals surface area (Å²) in [5, 5.41) is 3.62. The normalized spacial score (nSPS) is 12.4. The molecule has 1 amide bonds. The maximum Gasteiger partial charge on any atom is 0.418 e. The molecule has 1 heterocycles. The number of sulfonamides is 1. The number of rotatable bonds is 8. The van der Waals surface area contributed by atoms with Crippen molar-refractivity contribution < 1.29 is 35.9 Å². The summed E-state index contributed by atoms with van der Waals surface area (Å²) in [6.45, 7) is 0. The van der Waals surface area contributed by atoms with Crippen molar-refractivity contribution in [3.8, 4) is 0 Å². The van der Waals surface area contributed by atoms with Gasteiger partial charge in [0, 0.05) is 16.3 Å². The van der Waals surface area contributed by atoms with Gasteiger partial charge in [-0.05, 0) is 53.9 Å². The van der Waals surface area contributed by atoms with Gasteiger partial charge in [0.1, 0.15) is 4.21 Å². The zero-order valence-corrected chi connectivity index (χ0v) is 22.0. The van der Waals surface area contributed by atoms with Gasteiger partial charge in [0.15, 0.2) is 0 Å². The van der Waals surface area contributed by atoms with Crippen LogP contribution in [0.1, 0.15) is 27.6 Å². The maximum atomic E-state index is 13.5. The minimum Gasteiger partial charge on any atom is -0.444 e. The van der Waals surface area contributed by atoms with Gasteiger partial charge in [-0.3, -0.25) is 9.52 Å². The molecule has 7 nitrogen and oxygen atoms in total. The lowest BCUT2D eigenvalue weighted by atomic mass is 10.1. The van der Waals surface area contributed by atoms with Crippen LogP contribution in [0.5, 0.6) is 0 Å². The molecule has 13 heteroatoms. The van der Waals surface area contributed by atoms with E-state index in [1.807, 2.05) is 0 Å². The predicted octanol–water partition coefficient (Wildman–Crippen LogP) is 6.76. The number of hydrogen-bond acceptors (Lipinski definition) is 6. The Morgan fingerprint density at radius 2 is 1.62 bits per heavy atom. The molecule has 0 saturated heterocycles. The third-order valence-corrected chi connectivity index (χ3v) is 8.26. The smallest absolute Gasteiger partial charge is 0.418 e. The molecule has 0 radical (unpaired) electrons. The van der Waals surface area contributed by atoms with E-state index >= 15 is 0 Å². The Morgan fingerprint density at radius 3 is 2.23 bits per heavy atom. The Morgan fingerprint density at radius 1 is 0.923 bits per heavy atom. The van der Waals surface area contributed by atoms with Crippen LogP contribution >= 0.6 is 22.9 Å². The minimum absolute atomic E-state index is 0.0229. The van der Waals surface area contributed by atoms with Gasteiger partial charge in [0.25, 0.3) is 15.9 Å². The Labute approximate surface area is 230 Å². The van der Waals surface area contributed by atoms with Gasteiger partial charge in [-0.25, -0.2) is 13.2 Å². The Kier molecular flexibility index (Phi) is 8.28. The van der Waals surface area contributed by atoms with Gasteiger partial charge < -0.3 is 10.1 Å². The van der Waals surface area contributed by atoms with E-state index in [9.17, 15) is 31.2 Å². The lowest BCUT2D eigenvalue weighted by molar-refractivity contribution is -0.137. The number of nitrogens with one attached hydrogen (secondary N) is 2. The highest BCUT2D eigenvalue weighted by molar-refractivity contribution is 7.94. The maximum absolute atomic E-state index is 13.5. The first-order chi connectivity index (χ1) is 18.4. The van der Waals surface area contributed by atoms with Crippen LogP contribution in [-0.4, -0.2) is 20.3 Å². The second-order valence-electron chi connectivity index (χ2n) is 7.99. The molecule has 0 aliphatic rings. The molecule has 0 spiro atoms. The zero-order valence-electron chi connectivity index (χ0n) is 19.6. The molecule has 1 atom stereocenters. The van der Waals surface area contributed by atoms with Crippen molar-refractivity contribution in [2.75, 3.05) is 10.0 Å². The number of alkyl halides is 3. The number of esters is 1. The summed E-state index contributed by atoms with van der Waals surface area (Å²) < 4.78 is 73.2. The van der Waals surface area contributed by atoms with Crippen molar-refractivity contribution in [3.05, 3.63) is 112 Å². The topological polar surface area (TPSA) is 102 Å². The summed E-state index contributed by atoms with van der Waals surface area (Å²) in [5.41, 5.74) is -1.35. The standard InChI is InChI=1S/C26H18ClF3N2O5S2/c27-18-10-13-21(20(15-18)26(28,29)30)31-24(33)23(16-5-2-1-3-6-16)37-25(34)17-8-11-19(12-9-17)32-39(35,36)22-7-4-14-38-22/h1-15,23,32H,(H,31,33)/t23-/m0/s1. The number of anilines is 2. The summed E-state index contributed by atoms with van der Waals surface area (Å²) in [6.07, 6.45) is -6.41. The van der Waals surface area contributed by atoms with Crippen LogP contribution < -0.4 is 10.0 Å². The molecular formula is C26H18ClF3N2O5S2. The molecule has 0 aliphatic carbocycles. The lowest BCUT2D eigenvalue weighted by Gasteiger charge is -2.20. The monoisotopic (exact) mass is 594 g/mol.